The molecule has 27 heavy (non-hydrogen) atoms. The molecule has 4 heteroatoms. The predicted molar refractivity (Wildman–Crippen MR) is 114 cm³/mol. The van der Waals surface area contributed by atoms with Crippen molar-refractivity contribution in [1.82, 2.24) is 0 Å². The van der Waals surface area contributed by atoms with Gasteiger partial charge in [-0.3, -0.25) is 4.99 Å². The van der Waals surface area contributed by atoms with Crippen molar-refractivity contribution in [1.29, 1.82) is 0 Å². The predicted octanol–water partition coefficient (Wildman–Crippen LogP) is 6.84. The summed E-state index contributed by atoms with van der Waals surface area (Å²) >= 11 is 11.9. The quantitative estimate of drug-likeness (QED) is 0.475. The molecule has 0 fully saturated rings. The van der Waals surface area contributed by atoms with Crippen molar-refractivity contribution in [2.75, 3.05) is 6.54 Å². The Morgan fingerprint density at radius 3 is 2.19 bits per heavy atom. The van der Waals surface area contributed by atoms with Crippen LogP contribution in [0.5, 0.6) is 11.5 Å². The Kier molecular flexibility index (Phi) is 5.28. The molecule has 0 bridgehead atoms. The summed E-state index contributed by atoms with van der Waals surface area (Å²) in [6.45, 7) is 0.775. The molecule has 0 amide bonds. The largest absolute Gasteiger partial charge is 0.457 e. The average Bonchev–Trinajstić information content (AvgIpc) is 2.69. The van der Waals surface area contributed by atoms with Crippen molar-refractivity contribution in [2.24, 2.45) is 4.99 Å². The summed E-state index contributed by atoms with van der Waals surface area (Å²) in [5.74, 6) is 1.59. The SMILES string of the molecule is Clc1ccc(C=CC2=NCCc3cc(Oc4ccc(Cl)cc4)ccc32)cc1. The molecule has 0 spiro atoms. The highest BCUT2D eigenvalue weighted by Crippen LogP contribution is 2.27. The van der Waals surface area contributed by atoms with Gasteiger partial charge < -0.3 is 4.74 Å². The van der Waals surface area contributed by atoms with E-state index in [0.29, 0.717) is 5.02 Å². The van der Waals surface area contributed by atoms with Crippen LogP contribution in [0.2, 0.25) is 10.0 Å². The number of halogens is 2. The third-order valence-electron chi connectivity index (χ3n) is 4.37. The normalized spacial score (nSPS) is 13.3. The van der Waals surface area contributed by atoms with Gasteiger partial charge in [-0.05, 0) is 78.2 Å². The van der Waals surface area contributed by atoms with E-state index in [1.807, 2.05) is 54.6 Å². The number of hydrogen-bond acceptors (Lipinski definition) is 2. The van der Waals surface area contributed by atoms with Crippen LogP contribution in [0, 0.1) is 0 Å². The van der Waals surface area contributed by atoms with Crippen LogP contribution in [0.4, 0.5) is 0 Å². The molecular weight excluding hydrogens is 377 g/mol. The molecule has 1 aliphatic heterocycles. The van der Waals surface area contributed by atoms with Gasteiger partial charge in [0.05, 0.1) is 5.71 Å². The van der Waals surface area contributed by atoms with Crippen LogP contribution < -0.4 is 4.74 Å². The van der Waals surface area contributed by atoms with E-state index in [9.17, 15) is 0 Å². The van der Waals surface area contributed by atoms with Gasteiger partial charge >= 0.3 is 0 Å². The first-order valence-electron chi connectivity index (χ1n) is 8.72. The summed E-state index contributed by atoms with van der Waals surface area (Å²) in [5.41, 5.74) is 4.48. The van der Waals surface area contributed by atoms with Crippen LogP contribution in [-0.4, -0.2) is 12.3 Å². The number of fused-ring (bicyclic) bond motifs is 1. The number of rotatable bonds is 4. The van der Waals surface area contributed by atoms with Gasteiger partial charge in [-0.25, -0.2) is 0 Å². The third kappa shape index (κ3) is 4.41. The van der Waals surface area contributed by atoms with Crippen molar-refractivity contribution in [3.63, 3.8) is 0 Å². The van der Waals surface area contributed by atoms with E-state index in [2.05, 4.69) is 29.3 Å². The molecule has 134 valence electrons. The maximum atomic E-state index is 5.95. The lowest BCUT2D eigenvalue weighted by atomic mass is 9.96. The molecule has 3 aromatic rings. The first-order valence-corrected chi connectivity index (χ1v) is 9.48. The fourth-order valence-corrected chi connectivity index (χ4v) is 3.25. The zero-order valence-corrected chi connectivity index (χ0v) is 16.0. The second kappa shape index (κ2) is 7.99. The lowest BCUT2D eigenvalue weighted by Gasteiger charge is -2.16. The fourth-order valence-electron chi connectivity index (χ4n) is 3.00. The summed E-state index contributed by atoms with van der Waals surface area (Å²) in [6, 6.07) is 21.3. The number of allylic oxidation sites excluding steroid dienone is 1. The van der Waals surface area contributed by atoms with E-state index in [1.165, 1.54) is 5.56 Å². The average molecular weight is 394 g/mol. The molecule has 0 unspecified atom stereocenters. The van der Waals surface area contributed by atoms with Gasteiger partial charge in [0.1, 0.15) is 11.5 Å². The molecule has 0 atom stereocenters. The van der Waals surface area contributed by atoms with Crippen molar-refractivity contribution in [3.8, 4) is 11.5 Å². The van der Waals surface area contributed by atoms with Gasteiger partial charge in [0.25, 0.3) is 0 Å². The minimum Gasteiger partial charge on any atom is -0.457 e. The Morgan fingerprint density at radius 2 is 1.44 bits per heavy atom. The maximum Gasteiger partial charge on any atom is 0.127 e. The molecule has 0 radical (unpaired) electrons. The van der Waals surface area contributed by atoms with Gasteiger partial charge in [0.2, 0.25) is 0 Å². The van der Waals surface area contributed by atoms with Gasteiger partial charge in [-0.2, -0.15) is 0 Å². The minimum absolute atomic E-state index is 0.695. The van der Waals surface area contributed by atoms with Crippen LogP contribution in [0.3, 0.4) is 0 Å². The number of nitrogens with zero attached hydrogens (tertiary/aromatic N) is 1. The van der Waals surface area contributed by atoms with Crippen molar-refractivity contribution < 1.29 is 4.74 Å². The van der Waals surface area contributed by atoms with E-state index in [0.717, 1.165) is 46.3 Å². The summed E-state index contributed by atoms with van der Waals surface area (Å²) < 4.78 is 5.95. The summed E-state index contributed by atoms with van der Waals surface area (Å²) in [5, 5.41) is 1.43. The molecule has 0 saturated carbocycles. The Labute approximate surface area is 168 Å². The van der Waals surface area contributed by atoms with Crippen LogP contribution in [0.15, 0.2) is 77.8 Å². The highest BCUT2D eigenvalue weighted by molar-refractivity contribution is 6.30. The Balaban J connectivity index is 1.54. The molecule has 1 aliphatic rings. The summed E-state index contributed by atoms with van der Waals surface area (Å²) in [4.78, 5) is 4.68. The van der Waals surface area contributed by atoms with Gasteiger partial charge in [-0.1, -0.05) is 41.4 Å². The topological polar surface area (TPSA) is 21.6 Å². The lowest BCUT2D eigenvalue weighted by Crippen LogP contribution is -2.10. The Morgan fingerprint density at radius 1 is 0.778 bits per heavy atom. The first-order chi connectivity index (χ1) is 13.2. The molecule has 0 N–H and O–H groups in total. The van der Waals surface area contributed by atoms with E-state index in [-0.39, 0.29) is 0 Å². The molecule has 0 aliphatic carbocycles. The number of aliphatic imine (C=N–C) groups is 1. The van der Waals surface area contributed by atoms with Crippen LogP contribution in [0.25, 0.3) is 6.08 Å². The minimum atomic E-state index is 0.695. The highest BCUT2D eigenvalue weighted by Gasteiger charge is 2.13. The molecular formula is C23H17Cl2NO. The Bertz CT molecular complexity index is 1010. The highest BCUT2D eigenvalue weighted by atomic mass is 35.5. The molecule has 3 aromatic carbocycles. The van der Waals surface area contributed by atoms with Crippen LogP contribution >= 0.6 is 23.2 Å². The van der Waals surface area contributed by atoms with Crippen LogP contribution in [-0.2, 0) is 6.42 Å². The van der Waals surface area contributed by atoms with E-state index >= 15 is 0 Å². The Hall–Kier alpha value is -2.55. The second-order valence-electron chi connectivity index (χ2n) is 6.28. The molecule has 1 heterocycles. The number of benzene rings is 3. The summed E-state index contributed by atoms with van der Waals surface area (Å²) in [6.07, 6.45) is 5.02. The smallest absolute Gasteiger partial charge is 0.127 e. The van der Waals surface area contributed by atoms with Crippen LogP contribution in [0.1, 0.15) is 16.7 Å². The molecule has 0 saturated heterocycles. The molecule has 4 rings (SSSR count). The second-order valence-corrected chi connectivity index (χ2v) is 7.15. The lowest BCUT2D eigenvalue weighted by molar-refractivity contribution is 0.482. The van der Waals surface area contributed by atoms with E-state index in [1.54, 1.807) is 0 Å². The fraction of sp³-hybridized carbons (Fsp3) is 0.0870. The summed E-state index contributed by atoms with van der Waals surface area (Å²) in [7, 11) is 0. The number of ether oxygens (including phenoxy) is 1. The zero-order valence-electron chi connectivity index (χ0n) is 14.5. The van der Waals surface area contributed by atoms with Crippen molar-refractivity contribution >= 4 is 35.0 Å². The van der Waals surface area contributed by atoms with Crippen molar-refractivity contribution in [3.05, 3.63) is 99.5 Å². The number of hydrogen-bond donors (Lipinski definition) is 0. The third-order valence-corrected chi connectivity index (χ3v) is 4.87. The van der Waals surface area contributed by atoms with Gasteiger partial charge in [-0.15, -0.1) is 0 Å². The first kappa shape index (κ1) is 17.8. The molecule has 0 aromatic heterocycles. The molecule has 2 nitrogen and oxygen atoms in total. The van der Waals surface area contributed by atoms with Crippen molar-refractivity contribution in [2.45, 2.75) is 6.42 Å². The zero-order chi connectivity index (χ0) is 18.6. The van der Waals surface area contributed by atoms with E-state index in [4.69, 9.17) is 27.9 Å². The monoisotopic (exact) mass is 393 g/mol. The standard InChI is InChI=1S/C23H17Cl2NO/c24-18-4-1-16(2-5-18)3-12-23-22-11-10-21(15-17(22)13-14-26-23)27-20-8-6-19(25)7-9-20/h1-12,15H,13-14H2. The van der Waals surface area contributed by atoms with Gasteiger partial charge in [0, 0.05) is 22.2 Å². The maximum absolute atomic E-state index is 5.95. The van der Waals surface area contributed by atoms with Gasteiger partial charge in [0.15, 0.2) is 0 Å². The van der Waals surface area contributed by atoms with E-state index < -0.39 is 0 Å².